The Balaban J connectivity index is 2.86. The Morgan fingerprint density at radius 3 is 2.73 bits per heavy atom. The summed E-state index contributed by atoms with van der Waals surface area (Å²) in [6.07, 6.45) is 0. The van der Waals surface area contributed by atoms with Crippen LogP contribution in [0.1, 0.15) is 12.5 Å². The van der Waals surface area contributed by atoms with Gasteiger partial charge in [-0.3, -0.25) is 0 Å². The molecule has 15 heavy (non-hydrogen) atoms. The van der Waals surface area contributed by atoms with E-state index in [0.29, 0.717) is 13.2 Å². The molecule has 0 heterocycles. The number of nitriles is 1. The van der Waals surface area contributed by atoms with Crippen molar-refractivity contribution in [2.24, 2.45) is 0 Å². The minimum absolute atomic E-state index is 0.396. The second-order valence-electron chi connectivity index (χ2n) is 3.40. The van der Waals surface area contributed by atoms with Crippen molar-refractivity contribution in [2.45, 2.75) is 13.8 Å². The van der Waals surface area contributed by atoms with Crippen molar-refractivity contribution in [1.82, 2.24) is 0 Å². The van der Waals surface area contributed by atoms with Crippen LogP contribution < -0.4 is 9.64 Å². The van der Waals surface area contributed by atoms with E-state index in [0.717, 1.165) is 17.0 Å². The number of benzene rings is 1. The lowest BCUT2D eigenvalue weighted by Gasteiger charge is -2.17. The molecule has 0 bridgehead atoms. The Morgan fingerprint density at radius 2 is 2.20 bits per heavy atom. The first-order valence-electron chi connectivity index (χ1n) is 5.00. The summed E-state index contributed by atoms with van der Waals surface area (Å²) in [6.45, 7) is 5.05. The fraction of sp³-hybridized carbons (Fsp3) is 0.417. The molecule has 0 atom stereocenters. The average molecular weight is 204 g/mol. The molecule has 0 aliphatic rings. The summed E-state index contributed by atoms with van der Waals surface area (Å²) in [7, 11) is 1.90. The molecule has 1 aromatic carbocycles. The van der Waals surface area contributed by atoms with E-state index in [2.05, 4.69) is 6.07 Å². The van der Waals surface area contributed by atoms with Gasteiger partial charge in [-0.1, -0.05) is 0 Å². The van der Waals surface area contributed by atoms with Crippen LogP contribution in [0, 0.1) is 18.3 Å². The standard InChI is InChI=1S/C12H16N2O/c1-4-15-12-6-5-11(9-10(12)2)14(3)8-7-13/h5-6,9H,4,8H2,1-3H3. The van der Waals surface area contributed by atoms with Crippen LogP contribution in [-0.2, 0) is 0 Å². The quantitative estimate of drug-likeness (QED) is 0.706. The zero-order valence-corrected chi connectivity index (χ0v) is 9.45. The molecule has 80 valence electrons. The lowest BCUT2D eigenvalue weighted by molar-refractivity contribution is 0.338. The molecule has 0 fully saturated rings. The number of hydrogen-bond acceptors (Lipinski definition) is 3. The highest BCUT2D eigenvalue weighted by Gasteiger charge is 2.03. The van der Waals surface area contributed by atoms with E-state index in [9.17, 15) is 0 Å². The summed E-state index contributed by atoms with van der Waals surface area (Å²) in [5.41, 5.74) is 2.14. The molecular formula is C12H16N2O. The first-order valence-corrected chi connectivity index (χ1v) is 5.00. The molecule has 1 aromatic rings. The number of anilines is 1. The van der Waals surface area contributed by atoms with E-state index in [4.69, 9.17) is 10.00 Å². The summed E-state index contributed by atoms with van der Waals surface area (Å²) in [5.74, 6) is 0.909. The summed E-state index contributed by atoms with van der Waals surface area (Å²) >= 11 is 0. The maximum atomic E-state index is 8.59. The number of aryl methyl sites for hydroxylation is 1. The molecule has 0 N–H and O–H groups in total. The van der Waals surface area contributed by atoms with Crippen LogP contribution in [0.25, 0.3) is 0 Å². The molecule has 0 unspecified atom stereocenters. The van der Waals surface area contributed by atoms with E-state index in [1.54, 1.807) is 0 Å². The number of ether oxygens (including phenoxy) is 1. The van der Waals surface area contributed by atoms with Crippen molar-refractivity contribution < 1.29 is 4.74 Å². The van der Waals surface area contributed by atoms with Gasteiger partial charge < -0.3 is 9.64 Å². The monoisotopic (exact) mass is 204 g/mol. The highest BCUT2D eigenvalue weighted by molar-refractivity contribution is 5.52. The van der Waals surface area contributed by atoms with Gasteiger partial charge in [0.15, 0.2) is 0 Å². The predicted octanol–water partition coefficient (Wildman–Crippen LogP) is 2.35. The summed E-state index contributed by atoms with van der Waals surface area (Å²) in [6, 6.07) is 8.06. The molecular weight excluding hydrogens is 188 g/mol. The van der Waals surface area contributed by atoms with Gasteiger partial charge in [0.05, 0.1) is 12.7 Å². The Labute approximate surface area is 90.9 Å². The maximum absolute atomic E-state index is 8.59. The zero-order chi connectivity index (χ0) is 11.3. The lowest BCUT2D eigenvalue weighted by Crippen LogP contribution is -2.16. The molecule has 0 aromatic heterocycles. The maximum Gasteiger partial charge on any atom is 0.122 e. The van der Waals surface area contributed by atoms with Crippen molar-refractivity contribution in [1.29, 1.82) is 5.26 Å². The molecule has 0 spiro atoms. The molecule has 3 nitrogen and oxygen atoms in total. The van der Waals surface area contributed by atoms with Gasteiger partial charge in [-0.15, -0.1) is 0 Å². The molecule has 0 saturated carbocycles. The second-order valence-corrected chi connectivity index (χ2v) is 3.40. The van der Waals surface area contributed by atoms with E-state index in [1.165, 1.54) is 0 Å². The van der Waals surface area contributed by atoms with Gasteiger partial charge in [-0.2, -0.15) is 5.26 Å². The molecule has 1 rings (SSSR count). The second kappa shape index (κ2) is 5.26. The van der Waals surface area contributed by atoms with E-state index < -0.39 is 0 Å². The average Bonchev–Trinajstić information content (AvgIpc) is 2.21. The topological polar surface area (TPSA) is 36.3 Å². The Kier molecular flexibility index (Phi) is 3.99. The van der Waals surface area contributed by atoms with E-state index in [-0.39, 0.29) is 0 Å². The van der Waals surface area contributed by atoms with Gasteiger partial charge in [0.2, 0.25) is 0 Å². The highest BCUT2D eigenvalue weighted by Crippen LogP contribution is 2.23. The summed E-state index contributed by atoms with van der Waals surface area (Å²) < 4.78 is 5.45. The normalized spacial score (nSPS) is 9.47. The molecule has 0 aliphatic carbocycles. The Bertz CT molecular complexity index is 368. The van der Waals surface area contributed by atoms with Crippen LogP contribution in [0.15, 0.2) is 18.2 Å². The van der Waals surface area contributed by atoms with E-state index >= 15 is 0 Å². The van der Waals surface area contributed by atoms with E-state index in [1.807, 2.05) is 44.0 Å². The number of nitrogens with zero attached hydrogens (tertiary/aromatic N) is 2. The molecule has 3 heteroatoms. The molecule has 0 aliphatic heterocycles. The van der Waals surface area contributed by atoms with Crippen molar-refractivity contribution in [3.05, 3.63) is 23.8 Å². The predicted molar refractivity (Wildman–Crippen MR) is 61.2 cm³/mol. The van der Waals surface area contributed by atoms with Gasteiger partial charge in [0, 0.05) is 12.7 Å². The SMILES string of the molecule is CCOc1ccc(N(C)CC#N)cc1C. The van der Waals surface area contributed by atoms with Gasteiger partial charge in [0.1, 0.15) is 12.3 Å². The largest absolute Gasteiger partial charge is 0.494 e. The van der Waals surface area contributed by atoms with Crippen molar-refractivity contribution in [2.75, 3.05) is 25.1 Å². The van der Waals surface area contributed by atoms with Gasteiger partial charge >= 0.3 is 0 Å². The third-order valence-electron chi connectivity index (χ3n) is 2.21. The van der Waals surface area contributed by atoms with Crippen LogP contribution in [0.5, 0.6) is 5.75 Å². The van der Waals surface area contributed by atoms with Gasteiger partial charge in [-0.25, -0.2) is 0 Å². The smallest absolute Gasteiger partial charge is 0.122 e. The first-order chi connectivity index (χ1) is 7.19. The van der Waals surface area contributed by atoms with Crippen LogP contribution in [0.2, 0.25) is 0 Å². The molecule has 0 saturated heterocycles. The fourth-order valence-corrected chi connectivity index (χ4v) is 1.39. The van der Waals surface area contributed by atoms with Gasteiger partial charge in [-0.05, 0) is 37.6 Å². The summed E-state index contributed by atoms with van der Waals surface area (Å²) in [4.78, 5) is 1.91. The molecule has 0 radical (unpaired) electrons. The third-order valence-corrected chi connectivity index (χ3v) is 2.21. The zero-order valence-electron chi connectivity index (χ0n) is 9.45. The first kappa shape index (κ1) is 11.4. The van der Waals surface area contributed by atoms with Crippen LogP contribution >= 0.6 is 0 Å². The van der Waals surface area contributed by atoms with Gasteiger partial charge in [0.25, 0.3) is 0 Å². The Hall–Kier alpha value is -1.69. The molecule has 0 amide bonds. The summed E-state index contributed by atoms with van der Waals surface area (Å²) in [5, 5.41) is 8.59. The number of rotatable bonds is 4. The Morgan fingerprint density at radius 1 is 1.47 bits per heavy atom. The third kappa shape index (κ3) is 2.88. The van der Waals surface area contributed by atoms with Crippen LogP contribution in [0.4, 0.5) is 5.69 Å². The highest BCUT2D eigenvalue weighted by atomic mass is 16.5. The van der Waals surface area contributed by atoms with Crippen molar-refractivity contribution >= 4 is 5.69 Å². The van der Waals surface area contributed by atoms with Crippen molar-refractivity contribution in [3.8, 4) is 11.8 Å². The van der Waals surface area contributed by atoms with Crippen molar-refractivity contribution in [3.63, 3.8) is 0 Å². The minimum Gasteiger partial charge on any atom is -0.494 e. The minimum atomic E-state index is 0.396. The number of hydrogen-bond donors (Lipinski definition) is 0. The van der Waals surface area contributed by atoms with Crippen LogP contribution in [-0.4, -0.2) is 20.2 Å². The lowest BCUT2D eigenvalue weighted by atomic mass is 10.2. The van der Waals surface area contributed by atoms with Crippen LogP contribution in [0.3, 0.4) is 0 Å². The fourth-order valence-electron chi connectivity index (χ4n) is 1.39.